The standard InChI is InChI=1S/C20H19FN4O3/c1-12-2-3-13(11-22-12)18(26)24-8-6-15(7-9-24)25-19(27)16-10-14(21)4-5-17(16)23-20(25)28/h2-5,10-11,15H,6-9H2,1H3,(H,23,28). The number of aryl methyl sites for hydroxylation is 1. The van der Waals surface area contributed by atoms with Crippen LogP contribution in [0.25, 0.3) is 10.9 Å². The Morgan fingerprint density at radius 2 is 1.93 bits per heavy atom. The van der Waals surface area contributed by atoms with Crippen LogP contribution in [-0.4, -0.2) is 38.4 Å². The molecule has 8 heteroatoms. The van der Waals surface area contributed by atoms with E-state index in [1.54, 1.807) is 23.2 Å². The molecule has 2 aromatic heterocycles. The van der Waals surface area contributed by atoms with E-state index in [9.17, 15) is 18.8 Å². The number of nitrogens with one attached hydrogen (secondary N) is 1. The molecule has 0 atom stereocenters. The van der Waals surface area contributed by atoms with Crippen LogP contribution in [0.5, 0.6) is 0 Å². The average Bonchev–Trinajstić information content (AvgIpc) is 2.69. The highest BCUT2D eigenvalue weighted by molar-refractivity contribution is 5.94. The van der Waals surface area contributed by atoms with E-state index >= 15 is 0 Å². The van der Waals surface area contributed by atoms with E-state index in [1.165, 1.54) is 12.1 Å². The van der Waals surface area contributed by atoms with Gasteiger partial charge in [-0.05, 0) is 50.1 Å². The second kappa shape index (κ2) is 7.03. The molecule has 1 fully saturated rings. The van der Waals surface area contributed by atoms with E-state index in [0.717, 1.165) is 16.3 Å². The number of benzene rings is 1. The molecule has 28 heavy (non-hydrogen) atoms. The number of likely N-dealkylation sites (tertiary alicyclic amines) is 1. The summed E-state index contributed by atoms with van der Waals surface area (Å²) in [4.78, 5) is 46.3. The number of amides is 1. The molecular weight excluding hydrogens is 363 g/mol. The number of carbonyl (C=O) groups is 1. The van der Waals surface area contributed by atoms with E-state index in [-0.39, 0.29) is 17.3 Å². The summed E-state index contributed by atoms with van der Waals surface area (Å²) in [5, 5.41) is 0.142. The van der Waals surface area contributed by atoms with E-state index in [2.05, 4.69) is 9.97 Å². The zero-order valence-electron chi connectivity index (χ0n) is 15.3. The van der Waals surface area contributed by atoms with Crippen molar-refractivity contribution in [1.82, 2.24) is 19.4 Å². The zero-order valence-corrected chi connectivity index (χ0v) is 15.3. The van der Waals surface area contributed by atoms with Crippen molar-refractivity contribution in [3.8, 4) is 0 Å². The first-order valence-electron chi connectivity index (χ1n) is 9.10. The number of piperidine rings is 1. The Balaban J connectivity index is 1.57. The summed E-state index contributed by atoms with van der Waals surface area (Å²) < 4.78 is 14.7. The smallest absolute Gasteiger partial charge is 0.329 e. The number of aromatic nitrogens is 3. The van der Waals surface area contributed by atoms with Crippen LogP contribution in [0.4, 0.5) is 4.39 Å². The van der Waals surface area contributed by atoms with E-state index < -0.39 is 17.1 Å². The number of nitrogens with zero attached hydrogens (tertiary/aromatic N) is 3. The van der Waals surface area contributed by atoms with Crippen LogP contribution >= 0.6 is 0 Å². The molecule has 1 aliphatic heterocycles. The van der Waals surface area contributed by atoms with Crippen LogP contribution in [0.3, 0.4) is 0 Å². The number of fused-ring (bicyclic) bond motifs is 1. The van der Waals surface area contributed by atoms with E-state index in [4.69, 9.17) is 0 Å². The number of hydrogen-bond acceptors (Lipinski definition) is 4. The second-order valence-electron chi connectivity index (χ2n) is 7.01. The molecule has 0 aliphatic carbocycles. The molecule has 0 radical (unpaired) electrons. The van der Waals surface area contributed by atoms with Crippen molar-refractivity contribution in [3.05, 3.63) is 74.4 Å². The van der Waals surface area contributed by atoms with Crippen LogP contribution in [0, 0.1) is 12.7 Å². The molecule has 144 valence electrons. The van der Waals surface area contributed by atoms with Gasteiger partial charge in [0.1, 0.15) is 5.82 Å². The number of pyridine rings is 1. The first-order chi connectivity index (χ1) is 13.4. The van der Waals surface area contributed by atoms with E-state index in [1.807, 2.05) is 6.92 Å². The van der Waals surface area contributed by atoms with Crippen LogP contribution in [0.1, 0.15) is 34.9 Å². The Kier molecular flexibility index (Phi) is 4.54. The van der Waals surface area contributed by atoms with Crippen molar-refractivity contribution in [2.75, 3.05) is 13.1 Å². The Morgan fingerprint density at radius 3 is 2.61 bits per heavy atom. The third-order valence-electron chi connectivity index (χ3n) is 5.17. The molecule has 0 bridgehead atoms. The SMILES string of the molecule is Cc1ccc(C(=O)N2CCC(n3c(=O)[nH]c4ccc(F)cc4c3=O)CC2)cn1. The lowest BCUT2D eigenvalue weighted by Crippen LogP contribution is -2.45. The van der Waals surface area contributed by atoms with Crippen LogP contribution in [0.15, 0.2) is 46.1 Å². The summed E-state index contributed by atoms with van der Waals surface area (Å²) in [6, 6.07) is 6.90. The van der Waals surface area contributed by atoms with Gasteiger partial charge in [0.25, 0.3) is 11.5 Å². The van der Waals surface area contributed by atoms with Gasteiger partial charge in [-0.25, -0.2) is 9.18 Å². The number of carbonyl (C=O) groups excluding carboxylic acids is 1. The molecule has 1 N–H and O–H groups in total. The minimum atomic E-state index is -0.532. The van der Waals surface area contributed by atoms with Crippen LogP contribution < -0.4 is 11.2 Å². The van der Waals surface area contributed by atoms with Gasteiger partial charge < -0.3 is 9.88 Å². The minimum Gasteiger partial charge on any atom is -0.338 e. The summed E-state index contributed by atoms with van der Waals surface area (Å²) in [6.07, 6.45) is 2.49. The lowest BCUT2D eigenvalue weighted by Gasteiger charge is -2.32. The van der Waals surface area contributed by atoms with E-state index in [0.29, 0.717) is 37.0 Å². The lowest BCUT2D eigenvalue weighted by molar-refractivity contribution is 0.0691. The quantitative estimate of drug-likeness (QED) is 0.734. The first-order valence-corrected chi connectivity index (χ1v) is 9.10. The number of H-pyrrole nitrogens is 1. The molecular formula is C20H19FN4O3. The van der Waals surface area contributed by atoms with Gasteiger partial charge in [-0.1, -0.05) is 0 Å². The van der Waals surface area contributed by atoms with Crippen molar-refractivity contribution in [2.45, 2.75) is 25.8 Å². The lowest BCUT2D eigenvalue weighted by atomic mass is 10.0. The Labute approximate surface area is 159 Å². The van der Waals surface area contributed by atoms with Gasteiger partial charge in [0, 0.05) is 31.0 Å². The summed E-state index contributed by atoms with van der Waals surface area (Å²) >= 11 is 0. The molecule has 0 unspecified atom stereocenters. The summed E-state index contributed by atoms with van der Waals surface area (Å²) in [5.41, 5.74) is 0.636. The van der Waals surface area contributed by atoms with Crippen molar-refractivity contribution < 1.29 is 9.18 Å². The molecule has 4 rings (SSSR count). The topological polar surface area (TPSA) is 88.1 Å². The monoisotopic (exact) mass is 382 g/mol. The molecule has 1 saturated heterocycles. The molecule has 1 aliphatic rings. The van der Waals surface area contributed by atoms with Crippen molar-refractivity contribution in [1.29, 1.82) is 0 Å². The normalized spacial score (nSPS) is 15.1. The third-order valence-corrected chi connectivity index (χ3v) is 5.17. The van der Waals surface area contributed by atoms with Crippen molar-refractivity contribution >= 4 is 16.8 Å². The zero-order chi connectivity index (χ0) is 19.8. The Hall–Kier alpha value is -3.29. The number of aromatic amines is 1. The molecule has 3 aromatic rings. The number of halogens is 1. The molecule has 0 saturated carbocycles. The summed E-state index contributed by atoms with van der Waals surface area (Å²) in [5.74, 6) is -0.650. The van der Waals surface area contributed by atoms with Gasteiger partial charge in [0.15, 0.2) is 0 Å². The second-order valence-corrected chi connectivity index (χ2v) is 7.01. The maximum Gasteiger partial charge on any atom is 0.329 e. The van der Waals surface area contributed by atoms with Gasteiger partial charge >= 0.3 is 5.69 Å². The minimum absolute atomic E-state index is 0.118. The predicted octanol–water partition coefficient (Wildman–Crippen LogP) is 2.01. The average molecular weight is 382 g/mol. The molecule has 1 amide bonds. The van der Waals surface area contributed by atoms with Gasteiger partial charge in [-0.15, -0.1) is 0 Å². The fraction of sp³-hybridized carbons (Fsp3) is 0.300. The molecule has 1 aromatic carbocycles. The predicted molar refractivity (Wildman–Crippen MR) is 102 cm³/mol. The third kappa shape index (κ3) is 3.21. The van der Waals surface area contributed by atoms with Crippen LogP contribution in [-0.2, 0) is 0 Å². The van der Waals surface area contributed by atoms with Crippen molar-refractivity contribution in [3.63, 3.8) is 0 Å². The van der Waals surface area contributed by atoms with Gasteiger partial charge in [-0.3, -0.25) is 19.1 Å². The maximum absolute atomic E-state index is 13.5. The van der Waals surface area contributed by atoms with Gasteiger partial charge in [0.05, 0.1) is 16.5 Å². The highest BCUT2D eigenvalue weighted by Crippen LogP contribution is 2.22. The first kappa shape index (κ1) is 18.1. The van der Waals surface area contributed by atoms with Crippen molar-refractivity contribution in [2.24, 2.45) is 0 Å². The number of hydrogen-bond donors (Lipinski definition) is 1. The fourth-order valence-corrected chi connectivity index (χ4v) is 3.64. The fourth-order valence-electron chi connectivity index (χ4n) is 3.64. The highest BCUT2D eigenvalue weighted by Gasteiger charge is 2.27. The van der Waals surface area contributed by atoms with Gasteiger partial charge in [0.2, 0.25) is 0 Å². The van der Waals surface area contributed by atoms with Gasteiger partial charge in [-0.2, -0.15) is 0 Å². The molecule has 7 nitrogen and oxygen atoms in total. The highest BCUT2D eigenvalue weighted by atomic mass is 19.1. The Bertz CT molecular complexity index is 1160. The Morgan fingerprint density at radius 1 is 1.18 bits per heavy atom. The summed E-state index contributed by atoms with van der Waals surface area (Å²) in [6.45, 7) is 2.69. The van der Waals surface area contributed by atoms with Crippen LogP contribution in [0.2, 0.25) is 0 Å². The largest absolute Gasteiger partial charge is 0.338 e. The maximum atomic E-state index is 13.5. The molecule has 0 spiro atoms. The number of rotatable bonds is 2. The summed E-state index contributed by atoms with van der Waals surface area (Å²) in [7, 11) is 0. The molecule has 3 heterocycles.